The van der Waals surface area contributed by atoms with Crippen LogP contribution < -0.4 is 5.32 Å². The molecule has 3 aliphatic rings. The van der Waals surface area contributed by atoms with E-state index in [4.69, 9.17) is 9.26 Å². The lowest BCUT2D eigenvalue weighted by Crippen LogP contribution is -2.61. The van der Waals surface area contributed by atoms with Crippen molar-refractivity contribution in [3.05, 3.63) is 119 Å². The van der Waals surface area contributed by atoms with Gasteiger partial charge in [0.25, 0.3) is 7.52 Å². The maximum absolute atomic E-state index is 14.3. The number of piperidine rings is 2. The number of carbonyl (C=O) groups excluding carboxylic acids is 2. The Hall–Kier alpha value is -3.63. The summed E-state index contributed by atoms with van der Waals surface area (Å²) in [6.45, 7) is 8.00. The first-order valence-corrected chi connectivity index (χ1v) is 20.7. The maximum Gasteiger partial charge on any atom is 0.269 e. The van der Waals surface area contributed by atoms with Crippen LogP contribution in [0.4, 0.5) is 0 Å². The van der Waals surface area contributed by atoms with Crippen molar-refractivity contribution in [1.29, 1.82) is 0 Å². The highest BCUT2D eigenvalue weighted by molar-refractivity contribution is 7.55. The van der Waals surface area contributed by atoms with Crippen LogP contribution in [0.25, 0.3) is 0 Å². The van der Waals surface area contributed by atoms with Crippen LogP contribution in [0.1, 0.15) is 55.7 Å². The van der Waals surface area contributed by atoms with Crippen molar-refractivity contribution in [2.45, 2.75) is 62.9 Å². The molecule has 3 aromatic rings. The number of benzene rings is 3. The van der Waals surface area contributed by atoms with Gasteiger partial charge in [-0.15, -0.1) is 0 Å². The van der Waals surface area contributed by atoms with Gasteiger partial charge in [0, 0.05) is 57.7 Å². The van der Waals surface area contributed by atoms with E-state index in [0.29, 0.717) is 31.1 Å². The molecule has 2 amide bonds. The molecule has 0 aromatic heterocycles. The van der Waals surface area contributed by atoms with Crippen molar-refractivity contribution < 1.29 is 23.4 Å². The molecule has 0 radical (unpaired) electrons. The largest absolute Gasteiger partial charge is 0.355 e. The molecular weight excluding hydrogens is 673 g/mol. The average molecular weight is 728 g/mol. The molecule has 6 rings (SSSR count). The Balaban J connectivity index is 1.33. The summed E-state index contributed by atoms with van der Waals surface area (Å²) in [6, 6.07) is 31.7. The van der Waals surface area contributed by atoms with E-state index in [9.17, 15) is 14.2 Å². The van der Waals surface area contributed by atoms with Gasteiger partial charge < -0.3 is 19.5 Å². The molecule has 3 unspecified atom stereocenters. The number of ether oxygens (including phenoxy) is 1. The van der Waals surface area contributed by atoms with E-state index in [1.165, 1.54) is 30.4 Å². The summed E-state index contributed by atoms with van der Waals surface area (Å²) in [5, 5.41) is 2.63. The standard InChI is InChI=1S/C41H54N5O5P/c1-33(40(48)42-2)28-44(32-47)39-30-45(41(34-16-8-4-9-17-34,35-18-10-5-11-19-35)36-20-12-6-13-21-36)29-38(51-39)31-50-52(3,49)46-26-22-37(23-27-46)43-24-14-7-15-25-43/h4-6,8-13,16-21,28,32,37-39H,7,14-15,22-27,29-31H2,1-3H3,(H,42,48)/b33-28-. The first kappa shape index (κ1) is 38.1. The molecule has 3 saturated heterocycles. The van der Waals surface area contributed by atoms with E-state index in [1.54, 1.807) is 20.6 Å². The van der Waals surface area contributed by atoms with Gasteiger partial charge in [-0.2, -0.15) is 0 Å². The van der Waals surface area contributed by atoms with Gasteiger partial charge in [0.15, 0.2) is 0 Å². The highest BCUT2D eigenvalue weighted by atomic mass is 31.2. The van der Waals surface area contributed by atoms with Crippen molar-refractivity contribution >= 4 is 19.8 Å². The topological polar surface area (TPSA) is 94.7 Å². The van der Waals surface area contributed by atoms with Gasteiger partial charge in [-0.25, -0.2) is 4.67 Å². The van der Waals surface area contributed by atoms with Crippen molar-refractivity contribution in [3.8, 4) is 0 Å². The van der Waals surface area contributed by atoms with Gasteiger partial charge in [0.1, 0.15) is 6.23 Å². The number of nitrogens with zero attached hydrogens (tertiary/aromatic N) is 4. The third-order valence-corrected chi connectivity index (χ3v) is 13.0. The first-order chi connectivity index (χ1) is 25.3. The lowest BCUT2D eigenvalue weighted by Gasteiger charge is -2.51. The van der Waals surface area contributed by atoms with E-state index < -0.39 is 25.4 Å². The zero-order valence-corrected chi connectivity index (χ0v) is 31.7. The van der Waals surface area contributed by atoms with E-state index in [0.717, 1.165) is 55.7 Å². The van der Waals surface area contributed by atoms with Crippen molar-refractivity contribution in [2.75, 3.05) is 59.6 Å². The smallest absolute Gasteiger partial charge is 0.269 e. The van der Waals surface area contributed by atoms with Gasteiger partial charge in [-0.05, 0) is 62.4 Å². The van der Waals surface area contributed by atoms with Gasteiger partial charge in [-0.3, -0.25) is 24.0 Å². The fourth-order valence-corrected chi connectivity index (χ4v) is 9.83. The summed E-state index contributed by atoms with van der Waals surface area (Å²) in [5.41, 5.74) is 2.75. The lowest BCUT2D eigenvalue weighted by molar-refractivity contribution is -0.167. The Bertz CT molecular complexity index is 1580. The van der Waals surface area contributed by atoms with Crippen LogP contribution >= 0.6 is 7.52 Å². The minimum atomic E-state index is -3.16. The van der Waals surface area contributed by atoms with Crippen LogP contribution in [0.2, 0.25) is 0 Å². The van der Waals surface area contributed by atoms with Crippen LogP contribution in [0.5, 0.6) is 0 Å². The van der Waals surface area contributed by atoms with E-state index in [2.05, 4.69) is 51.5 Å². The number of hydrogen-bond donors (Lipinski definition) is 1. The number of nitrogens with one attached hydrogen (secondary N) is 1. The normalized spacial score (nSPS) is 22.7. The molecule has 10 nitrogen and oxygen atoms in total. The summed E-state index contributed by atoms with van der Waals surface area (Å²) in [4.78, 5) is 31.7. The van der Waals surface area contributed by atoms with E-state index in [-0.39, 0.29) is 12.5 Å². The zero-order valence-electron chi connectivity index (χ0n) is 30.8. The number of morpholine rings is 1. The molecule has 0 saturated carbocycles. The Morgan fingerprint density at radius 1 is 0.885 bits per heavy atom. The Labute approximate surface area is 309 Å². The highest BCUT2D eigenvalue weighted by Gasteiger charge is 2.47. The predicted molar refractivity (Wildman–Crippen MR) is 205 cm³/mol. The predicted octanol–water partition coefficient (Wildman–Crippen LogP) is 5.90. The summed E-state index contributed by atoms with van der Waals surface area (Å²) >= 11 is 0. The first-order valence-electron chi connectivity index (χ1n) is 18.7. The molecule has 3 aliphatic heterocycles. The molecule has 3 fully saturated rings. The molecule has 11 heteroatoms. The third kappa shape index (κ3) is 8.44. The molecule has 278 valence electrons. The second-order valence-corrected chi connectivity index (χ2v) is 16.7. The van der Waals surface area contributed by atoms with Crippen LogP contribution in [0.3, 0.4) is 0 Å². The van der Waals surface area contributed by atoms with E-state index >= 15 is 0 Å². The average Bonchev–Trinajstić information content (AvgIpc) is 3.20. The number of carbonyl (C=O) groups is 2. The molecule has 0 spiro atoms. The van der Waals surface area contributed by atoms with Gasteiger partial charge >= 0.3 is 0 Å². The molecule has 52 heavy (non-hydrogen) atoms. The van der Waals surface area contributed by atoms with E-state index in [1.807, 2.05) is 59.3 Å². The second kappa shape index (κ2) is 17.5. The third-order valence-electron chi connectivity index (χ3n) is 10.9. The SMILES string of the molecule is CNC(=O)/C(C)=C\N(C=O)C1CN(C(c2ccccc2)(c2ccccc2)c2ccccc2)CC(COP(C)(=O)N2CCC(N3CCCCC3)CC2)O1. The number of likely N-dealkylation sites (tertiary alicyclic amines) is 1. The molecule has 0 bridgehead atoms. The summed E-state index contributed by atoms with van der Waals surface area (Å²) in [6.07, 6.45) is 6.71. The maximum atomic E-state index is 14.3. The van der Waals surface area contributed by atoms with Crippen molar-refractivity contribution in [3.63, 3.8) is 0 Å². The van der Waals surface area contributed by atoms with Crippen LogP contribution in [0.15, 0.2) is 103 Å². The summed E-state index contributed by atoms with van der Waals surface area (Å²) < 4.78 is 29.4. The molecule has 3 heterocycles. The minimum Gasteiger partial charge on any atom is -0.355 e. The van der Waals surface area contributed by atoms with Gasteiger partial charge in [0.2, 0.25) is 12.3 Å². The van der Waals surface area contributed by atoms with Gasteiger partial charge in [0.05, 0.1) is 18.2 Å². The Morgan fingerprint density at radius 2 is 1.42 bits per heavy atom. The second-order valence-electron chi connectivity index (χ2n) is 14.3. The molecule has 3 atom stereocenters. The quantitative estimate of drug-likeness (QED) is 0.101. The molecule has 3 aromatic carbocycles. The van der Waals surface area contributed by atoms with Gasteiger partial charge in [-0.1, -0.05) is 97.4 Å². The molecule has 1 N–H and O–H groups in total. The fourth-order valence-electron chi connectivity index (χ4n) is 8.26. The minimum absolute atomic E-state index is 0.0755. The number of hydrogen-bond acceptors (Lipinski definition) is 7. The lowest BCUT2D eigenvalue weighted by atomic mass is 9.75. The Morgan fingerprint density at radius 3 is 1.92 bits per heavy atom. The summed E-state index contributed by atoms with van der Waals surface area (Å²) in [5.74, 6) is -0.289. The van der Waals surface area contributed by atoms with Crippen LogP contribution in [-0.2, 0) is 29.0 Å². The number of rotatable bonds is 13. The van der Waals surface area contributed by atoms with Crippen LogP contribution in [0, 0.1) is 0 Å². The van der Waals surface area contributed by atoms with Crippen molar-refractivity contribution in [1.82, 2.24) is 24.7 Å². The monoisotopic (exact) mass is 727 g/mol. The number of amides is 2. The van der Waals surface area contributed by atoms with Crippen LogP contribution in [-0.4, -0.2) is 110 Å². The Kier molecular flexibility index (Phi) is 12.8. The molecular formula is C41H54N5O5P. The molecule has 0 aliphatic carbocycles. The summed E-state index contributed by atoms with van der Waals surface area (Å²) in [7, 11) is -1.60. The van der Waals surface area contributed by atoms with Crippen molar-refractivity contribution in [2.24, 2.45) is 0 Å². The highest BCUT2D eigenvalue weighted by Crippen LogP contribution is 2.49. The number of likely N-dealkylation sites (N-methyl/N-ethyl adjacent to an activating group) is 1. The fraction of sp³-hybridized carbons (Fsp3) is 0.463. The zero-order chi connectivity index (χ0) is 36.6.